The van der Waals surface area contributed by atoms with E-state index >= 15 is 0 Å². The Morgan fingerprint density at radius 3 is 3.12 bits per heavy atom. The number of halogens is 1. The van der Waals surface area contributed by atoms with Crippen LogP contribution in [0.15, 0.2) is 16.7 Å². The van der Waals surface area contributed by atoms with Crippen molar-refractivity contribution in [3.63, 3.8) is 0 Å². The fraction of sp³-hybridized carbons (Fsp3) is 0.500. The molecule has 2 heterocycles. The van der Waals surface area contributed by atoms with Crippen molar-refractivity contribution in [1.29, 1.82) is 0 Å². The lowest BCUT2D eigenvalue weighted by molar-refractivity contribution is 0.0954. The topological polar surface area (TPSA) is 42.2 Å². The molecule has 1 aromatic rings. The van der Waals surface area contributed by atoms with Crippen LogP contribution in [0.4, 0.5) is 0 Å². The van der Waals surface area contributed by atoms with Crippen LogP contribution < -0.4 is 5.32 Å². The number of hydrogen-bond donors (Lipinski definition) is 1. The van der Waals surface area contributed by atoms with Crippen LogP contribution in [0.3, 0.4) is 0 Å². The van der Waals surface area contributed by atoms with E-state index < -0.39 is 0 Å². The van der Waals surface area contributed by atoms with Gasteiger partial charge in [-0.25, -0.2) is 0 Å². The molecular formula is C10H12ClNO2S2. The molecule has 1 N–H and O–H groups in total. The Balaban J connectivity index is 1.81. The molecule has 0 saturated carbocycles. The van der Waals surface area contributed by atoms with Gasteiger partial charge in [-0.15, -0.1) is 0 Å². The van der Waals surface area contributed by atoms with E-state index in [1.165, 1.54) is 12.0 Å². The fourth-order valence-corrected chi connectivity index (χ4v) is 4.22. The molecule has 3 nitrogen and oxygen atoms in total. The molecule has 1 aromatic heterocycles. The Bertz CT molecular complexity index is 363. The number of hydrogen-bond acceptors (Lipinski definition) is 4. The number of amides is 1. The van der Waals surface area contributed by atoms with E-state index in [-0.39, 0.29) is 11.1 Å². The first-order valence-corrected chi connectivity index (χ1v) is 7.56. The van der Waals surface area contributed by atoms with Crippen molar-refractivity contribution in [3.8, 4) is 0 Å². The largest absolute Gasteiger partial charge is 0.452 e. The summed E-state index contributed by atoms with van der Waals surface area (Å²) in [5.41, 5.74) is 0.412. The molecule has 1 atom stereocenters. The zero-order valence-electron chi connectivity index (χ0n) is 8.57. The molecule has 0 aromatic carbocycles. The first kappa shape index (κ1) is 12.2. The summed E-state index contributed by atoms with van der Waals surface area (Å²) in [6, 6.07) is 1.58. The van der Waals surface area contributed by atoms with Crippen LogP contribution in [0.5, 0.6) is 0 Å². The zero-order chi connectivity index (χ0) is 11.4. The standard InChI is InChI=1S/C10H12ClNO2S2/c11-9-8(1-2-14-9)10(13)12-5-7-6-15-3-4-16-7/h1-2,7H,3-6H2,(H,12,13). The third-order valence-corrected chi connectivity index (χ3v) is 5.38. The number of carbonyl (C=O) groups excluding carboxylic acids is 1. The number of nitrogens with one attached hydrogen (secondary N) is 1. The highest BCUT2D eigenvalue weighted by Gasteiger charge is 2.17. The Morgan fingerprint density at radius 2 is 2.50 bits per heavy atom. The van der Waals surface area contributed by atoms with Gasteiger partial charge < -0.3 is 9.73 Å². The second-order valence-electron chi connectivity index (χ2n) is 3.39. The van der Waals surface area contributed by atoms with Gasteiger partial charge in [0, 0.05) is 29.1 Å². The Kier molecular flexibility index (Phi) is 4.49. The molecule has 0 radical (unpaired) electrons. The molecule has 1 fully saturated rings. The second-order valence-corrected chi connectivity index (χ2v) is 6.29. The number of thioether (sulfide) groups is 2. The summed E-state index contributed by atoms with van der Waals surface area (Å²) in [6.45, 7) is 0.692. The summed E-state index contributed by atoms with van der Waals surface area (Å²) in [5, 5.41) is 3.54. The summed E-state index contributed by atoms with van der Waals surface area (Å²) in [4.78, 5) is 11.7. The van der Waals surface area contributed by atoms with Gasteiger partial charge in [-0.05, 0) is 17.7 Å². The quantitative estimate of drug-likeness (QED) is 0.922. The molecule has 88 valence electrons. The van der Waals surface area contributed by atoms with E-state index in [1.54, 1.807) is 6.07 Å². The van der Waals surface area contributed by atoms with Crippen LogP contribution in [0.1, 0.15) is 10.4 Å². The van der Waals surface area contributed by atoms with Crippen LogP contribution >= 0.6 is 35.1 Å². The monoisotopic (exact) mass is 277 g/mol. The maximum absolute atomic E-state index is 11.7. The summed E-state index contributed by atoms with van der Waals surface area (Å²) in [6.07, 6.45) is 1.42. The lowest BCUT2D eigenvalue weighted by Crippen LogP contribution is -2.33. The van der Waals surface area contributed by atoms with Crippen LogP contribution in [-0.2, 0) is 0 Å². The van der Waals surface area contributed by atoms with Gasteiger partial charge >= 0.3 is 0 Å². The molecule has 1 aliphatic rings. The minimum absolute atomic E-state index is 0.156. The van der Waals surface area contributed by atoms with Gasteiger partial charge in [0.2, 0.25) is 5.22 Å². The smallest absolute Gasteiger partial charge is 0.256 e. The van der Waals surface area contributed by atoms with Crippen LogP contribution in [0.2, 0.25) is 5.22 Å². The second kappa shape index (κ2) is 5.89. The van der Waals surface area contributed by atoms with Crippen molar-refractivity contribution in [2.24, 2.45) is 0 Å². The van der Waals surface area contributed by atoms with E-state index in [2.05, 4.69) is 5.32 Å². The van der Waals surface area contributed by atoms with Gasteiger partial charge in [-0.2, -0.15) is 23.5 Å². The van der Waals surface area contributed by atoms with Crippen molar-refractivity contribution in [2.45, 2.75) is 5.25 Å². The first-order chi connectivity index (χ1) is 7.77. The highest BCUT2D eigenvalue weighted by molar-refractivity contribution is 8.06. The first-order valence-electron chi connectivity index (χ1n) is 4.98. The van der Waals surface area contributed by atoms with Crippen molar-refractivity contribution < 1.29 is 9.21 Å². The number of carbonyl (C=O) groups is 1. The molecule has 6 heteroatoms. The Labute approximate surface area is 108 Å². The van der Waals surface area contributed by atoms with Crippen molar-refractivity contribution >= 4 is 41.0 Å². The zero-order valence-corrected chi connectivity index (χ0v) is 11.0. The maximum Gasteiger partial charge on any atom is 0.256 e. The predicted octanol–water partition coefficient (Wildman–Crippen LogP) is 2.51. The maximum atomic E-state index is 11.7. The minimum Gasteiger partial charge on any atom is -0.452 e. The molecule has 0 spiro atoms. The molecular weight excluding hydrogens is 266 g/mol. The normalized spacial score (nSPS) is 20.7. The molecule has 16 heavy (non-hydrogen) atoms. The molecule has 2 rings (SSSR count). The predicted molar refractivity (Wildman–Crippen MR) is 69.6 cm³/mol. The summed E-state index contributed by atoms with van der Waals surface area (Å²) in [7, 11) is 0. The van der Waals surface area contributed by atoms with Crippen molar-refractivity contribution in [2.75, 3.05) is 23.8 Å². The number of rotatable bonds is 3. The average molecular weight is 278 g/mol. The van der Waals surface area contributed by atoms with Crippen LogP contribution in [-0.4, -0.2) is 35.0 Å². The van der Waals surface area contributed by atoms with E-state index in [1.807, 2.05) is 23.5 Å². The van der Waals surface area contributed by atoms with E-state index in [9.17, 15) is 4.79 Å². The van der Waals surface area contributed by atoms with Gasteiger partial charge in [-0.1, -0.05) is 0 Å². The van der Waals surface area contributed by atoms with E-state index in [4.69, 9.17) is 16.0 Å². The third-order valence-electron chi connectivity index (χ3n) is 2.24. The minimum atomic E-state index is -0.157. The van der Waals surface area contributed by atoms with E-state index in [0.29, 0.717) is 17.4 Å². The molecule has 1 saturated heterocycles. The molecule has 0 aliphatic carbocycles. The van der Waals surface area contributed by atoms with Gasteiger partial charge in [0.15, 0.2) is 0 Å². The number of furan rings is 1. The summed E-state index contributed by atoms with van der Waals surface area (Å²) in [5.74, 6) is 3.32. The van der Waals surface area contributed by atoms with Crippen molar-refractivity contribution in [3.05, 3.63) is 23.1 Å². The van der Waals surface area contributed by atoms with Crippen molar-refractivity contribution in [1.82, 2.24) is 5.32 Å². The lowest BCUT2D eigenvalue weighted by Gasteiger charge is -2.20. The Morgan fingerprint density at radius 1 is 1.62 bits per heavy atom. The van der Waals surface area contributed by atoms with Gasteiger partial charge in [0.05, 0.1) is 11.8 Å². The SMILES string of the molecule is O=C(NCC1CSCCS1)c1ccoc1Cl. The third kappa shape index (κ3) is 3.12. The molecule has 1 aliphatic heterocycles. The van der Waals surface area contributed by atoms with Crippen LogP contribution in [0, 0.1) is 0 Å². The molecule has 0 bridgehead atoms. The molecule has 1 unspecified atom stereocenters. The van der Waals surface area contributed by atoms with Gasteiger partial charge in [0.25, 0.3) is 5.91 Å². The summed E-state index contributed by atoms with van der Waals surface area (Å²) < 4.78 is 4.87. The lowest BCUT2D eigenvalue weighted by atomic mass is 10.3. The highest BCUT2D eigenvalue weighted by Crippen LogP contribution is 2.23. The molecule has 1 amide bonds. The van der Waals surface area contributed by atoms with Gasteiger partial charge in [0.1, 0.15) is 0 Å². The van der Waals surface area contributed by atoms with E-state index in [0.717, 1.165) is 11.5 Å². The fourth-order valence-electron chi connectivity index (χ4n) is 1.41. The Hall–Kier alpha value is -0.260. The van der Waals surface area contributed by atoms with Crippen LogP contribution in [0.25, 0.3) is 0 Å². The average Bonchev–Trinajstić information content (AvgIpc) is 2.74. The summed E-state index contributed by atoms with van der Waals surface area (Å²) >= 11 is 9.57. The highest BCUT2D eigenvalue weighted by atomic mass is 35.5. The van der Waals surface area contributed by atoms with Gasteiger partial charge in [-0.3, -0.25) is 4.79 Å².